The van der Waals surface area contributed by atoms with E-state index in [-0.39, 0.29) is 39.5 Å². The molecule has 1 aliphatic heterocycles. The zero-order valence-electron chi connectivity index (χ0n) is 19.3. The van der Waals surface area contributed by atoms with Gasteiger partial charge >= 0.3 is 11.9 Å². The third-order valence-electron chi connectivity index (χ3n) is 4.35. The zero-order chi connectivity index (χ0) is 24.1. The molecule has 1 aromatic rings. The molecule has 172 valence electrons. The average molecular weight is 436 g/mol. The molecule has 8 nitrogen and oxygen atoms in total. The minimum Gasteiger partial charge on any atom is -0.510 e. The van der Waals surface area contributed by atoms with Crippen molar-refractivity contribution >= 4 is 17.8 Å². The van der Waals surface area contributed by atoms with Gasteiger partial charge in [-0.15, -0.1) is 0 Å². The van der Waals surface area contributed by atoms with Crippen LogP contribution in [-0.2, 0) is 4.79 Å². The Morgan fingerprint density at radius 2 is 1.52 bits per heavy atom. The molecule has 0 bridgehead atoms. The van der Waals surface area contributed by atoms with Crippen LogP contribution in [0, 0.1) is 12.3 Å². The van der Waals surface area contributed by atoms with Gasteiger partial charge in [0.05, 0.1) is 17.7 Å². The maximum atomic E-state index is 11.2. The number of carbonyl (C=O) groups excluding carboxylic acids is 1. The van der Waals surface area contributed by atoms with E-state index in [0.29, 0.717) is 6.54 Å². The molecule has 8 heteroatoms. The lowest BCUT2D eigenvalue weighted by Crippen LogP contribution is -2.29. The number of benzene rings is 1. The van der Waals surface area contributed by atoms with Gasteiger partial charge in [0.25, 0.3) is 0 Å². The second kappa shape index (κ2) is 9.85. The smallest absolute Gasteiger partial charge is 0.336 e. The number of carboxylic acids is 2. The number of carbonyl (C=O) groups is 3. The summed E-state index contributed by atoms with van der Waals surface area (Å²) in [7, 11) is 0. The van der Waals surface area contributed by atoms with Crippen molar-refractivity contribution in [1.82, 2.24) is 4.90 Å². The summed E-state index contributed by atoms with van der Waals surface area (Å²) in [5, 5.41) is 27.2. The molecular weight excluding hydrogens is 402 g/mol. The monoisotopic (exact) mass is 435 g/mol. The largest absolute Gasteiger partial charge is 0.510 e. The van der Waals surface area contributed by atoms with Gasteiger partial charge < -0.3 is 25.0 Å². The van der Waals surface area contributed by atoms with E-state index in [1.54, 1.807) is 25.7 Å². The molecular formula is C23H33NO7. The number of nitrogens with zero attached hydrogens (tertiary/aromatic N) is 1. The van der Waals surface area contributed by atoms with Crippen molar-refractivity contribution in [2.24, 2.45) is 5.41 Å². The molecule has 0 spiro atoms. The second-order valence-electron chi connectivity index (χ2n) is 9.67. The van der Waals surface area contributed by atoms with E-state index >= 15 is 0 Å². The van der Waals surface area contributed by atoms with Gasteiger partial charge in [0.15, 0.2) is 0 Å². The van der Waals surface area contributed by atoms with E-state index in [1.165, 1.54) is 25.1 Å². The van der Waals surface area contributed by atoms with Crippen molar-refractivity contribution in [3.8, 4) is 5.75 Å². The summed E-state index contributed by atoms with van der Waals surface area (Å²) in [6, 6.07) is 2.69. The lowest BCUT2D eigenvalue weighted by Gasteiger charge is -2.22. The van der Waals surface area contributed by atoms with Crippen molar-refractivity contribution in [2.45, 2.75) is 60.5 Å². The molecule has 0 unspecified atom stereocenters. The summed E-state index contributed by atoms with van der Waals surface area (Å²) >= 11 is 0. The number of rotatable bonds is 5. The Balaban J connectivity index is 0.000000327. The number of aliphatic hydroxyl groups is 1. The predicted molar refractivity (Wildman–Crippen MR) is 117 cm³/mol. The van der Waals surface area contributed by atoms with E-state index in [1.807, 2.05) is 0 Å². The summed E-state index contributed by atoms with van der Waals surface area (Å²) in [5.74, 6) is -1.99. The minimum absolute atomic E-state index is 0.0610. The fourth-order valence-electron chi connectivity index (χ4n) is 2.76. The Labute approximate surface area is 183 Å². The van der Waals surface area contributed by atoms with Gasteiger partial charge in [0, 0.05) is 12.6 Å². The van der Waals surface area contributed by atoms with E-state index in [9.17, 15) is 14.4 Å². The van der Waals surface area contributed by atoms with E-state index < -0.39 is 17.5 Å². The SMILES string of the molecule is CC(C)(C)CCN1CC(O)=CC1=O.Cc1c(C(=O)O)cc(OC(C)(C)C)cc1C(=O)O. The van der Waals surface area contributed by atoms with E-state index in [2.05, 4.69) is 20.8 Å². The van der Waals surface area contributed by atoms with Crippen LogP contribution in [0.4, 0.5) is 0 Å². The first-order valence-electron chi connectivity index (χ1n) is 9.99. The van der Waals surface area contributed by atoms with E-state index in [0.717, 1.165) is 13.0 Å². The maximum Gasteiger partial charge on any atom is 0.336 e. The van der Waals surface area contributed by atoms with Crippen LogP contribution in [0.1, 0.15) is 74.2 Å². The highest BCUT2D eigenvalue weighted by molar-refractivity contribution is 5.97. The number of aliphatic hydroxyl groups excluding tert-OH is 1. The molecule has 31 heavy (non-hydrogen) atoms. The lowest BCUT2D eigenvalue weighted by atomic mass is 9.92. The summed E-state index contributed by atoms with van der Waals surface area (Å²) < 4.78 is 5.51. The quantitative estimate of drug-likeness (QED) is 0.630. The van der Waals surface area contributed by atoms with Crippen LogP contribution in [0.5, 0.6) is 5.75 Å². The molecule has 1 heterocycles. The maximum absolute atomic E-state index is 11.2. The molecule has 0 aliphatic carbocycles. The molecule has 0 saturated heterocycles. The second-order valence-corrected chi connectivity index (χ2v) is 9.67. The first-order chi connectivity index (χ1) is 14.0. The van der Waals surface area contributed by atoms with Gasteiger partial charge in [-0.05, 0) is 57.2 Å². The fourth-order valence-corrected chi connectivity index (χ4v) is 2.76. The molecule has 0 atom stereocenters. The van der Waals surface area contributed by atoms with Gasteiger partial charge in [0.2, 0.25) is 5.91 Å². The molecule has 0 radical (unpaired) electrons. The number of aromatic carboxylic acids is 2. The summed E-state index contributed by atoms with van der Waals surface area (Å²) in [6.45, 7) is 14.4. The van der Waals surface area contributed by atoms with Gasteiger partial charge in [-0.3, -0.25) is 4.79 Å². The summed E-state index contributed by atoms with van der Waals surface area (Å²) in [5.41, 5.74) is -0.196. The molecule has 1 aliphatic rings. The highest BCUT2D eigenvalue weighted by atomic mass is 16.5. The van der Waals surface area contributed by atoms with Gasteiger partial charge in [-0.25, -0.2) is 9.59 Å². The van der Waals surface area contributed by atoms with Crippen LogP contribution < -0.4 is 4.74 Å². The molecule has 2 rings (SSSR count). The van der Waals surface area contributed by atoms with Crippen molar-refractivity contribution in [3.05, 3.63) is 40.7 Å². The minimum atomic E-state index is -1.17. The van der Waals surface area contributed by atoms with Gasteiger partial charge in [-0.1, -0.05) is 20.8 Å². The Morgan fingerprint density at radius 1 is 1.03 bits per heavy atom. The number of hydrogen-bond acceptors (Lipinski definition) is 5. The molecule has 0 aromatic heterocycles. The van der Waals surface area contributed by atoms with Crippen molar-refractivity contribution in [2.75, 3.05) is 13.1 Å². The number of ether oxygens (including phenoxy) is 1. The van der Waals surface area contributed by atoms with Gasteiger partial charge in [0.1, 0.15) is 17.1 Å². The highest BCUT2D eigenvalue weighted by Crippen LogP contribution is 2.25. The van der Waals surface area contributed by atoms with E-state index in [4.69, 9.17) is 20.1 Å². The van der Waals surface area contributed by atoms with Crippen LogP contribution in [0.2, 0.25) is 0 Å². The van der Waals surface area contributed by atoms with Gasteiger partial charge in [-0.2, -0.15) is 0 Å². The lowest BCUT2D eigenvalue weighted by molar-refractivity contribution is -0.124. The third-order valence-corrected chi connectivity index (χ3v) is 4.35. The Hall–Kier alpha value is -3.03. The van der Waals surface area contributed by atoms with Crippen LogP contribution in [0.3, 0.4) is 0 Å². The topological polar surface area (TPSA) is 124 Å². The van der Waals surface area contributed by atoms with Crippen LogP contribution in [-0.4, -0.2) is 56.8 Å². The predicted octanol–water partition coefficient (Wildman–Crippen LogP) is 4.28. The van der Waals surface area contributed by atoms with Crippen LogP contribution >= 0.6 is 0 Å². The summed E-state index contributed by atoms with van der Waals surface area (Å²) in [4.78, 5) is 35.0. The van der Waals surface area contributed by atoms with Crippen molar-refractivity contribution < 1.29 is 34.4 Å². The normalized spacial score (nSPS) is 14.0. The Kier molecular flexibility index (Phi) is 8.26. The number of amides is 1. The Bertz CT molecular complexity index is 838. The average Bonchev–Trinajstić information content (AvgIpc) is 2.90. The molecule has 1 amide bonds. The van der Waals surface area contributed by atoms with Crippen molar-refractivity contribution in [3.63, 3.8) is 0 Å². The first kappa shape index (κ1) is 26.0. The van der Waals surface area contributed by atoms with Crippen LogP contribution in [0.15, 0.2) is 24.0 Å². The molecule has 1 aromatic carbocycles. The fraction of sp³-hybridized carbons (Fsp3) is 0.522. The zero-order valence-corrected chi connectivity index (χ0v) is 19.3. The number of hydrogen-bond donors (Lipinski definition) is 3. The first-order valence-corrected chi connectivity index (χ1v) is 9.99. The Morgan fingerprint density at radius 3 is 1.84 bits per heavy atom. The summed E-state index contributed by atoms with van der Waals surface area (Å²) in [6.07, 6.45) is 2.25. The highest BCUT2D eigenvalue weighted by Gasteiger charge is 2.22. The number of carboxylic acid groups (broad SMARTS) is 2. The standard InChI is InChI=1S/C13H16O5.C10H17NO2/c1-7-9(11(14)15)5-8(18-13(2,3)4)6-10(7)12(16)17;1-10(2,3)4-5-11-7-8(12)6-9(11)13/h5-6H,1-4H3,(H,14,15)(H,16,17);6,12H,4-5,7H2,1-3H3. The van der Waals surface area contributed by atoms with Crippen molar-refractivity contribution in [1.29, 1.82) is 0 Å². The molecule has 0 saturated carbocycles. The molecule has 3 N–H and O–H groups in total. The van der Waals surface area contributed by atoms with Crippen LogP contribution in [0.25, 0.3) is 0 Å². The molecule has 0 fully saturated rings. The third kappa shape index (κ3) is 8.70.